The Morgan fingerprint density at radius 3 is 2.33 bits per heavy atom. The van der Waals surface area contributed by atoms with Crippen molar-refractivity contribution in [2.45, 2.75) is 53.1 Å². The summed E-state index contributed by atoms with van der Waals surface area (Å²) >= 11 is 0. The van der Waals surface area contributed by atoms with E-state index in [0.29, 0.717) is 18.9 Å². The van der Waals surface area contributed by atoms with Gasteiger partial charge in [0.2, 0.25) is 0 Å². The summed E-state index contributed by atoms with van der Waals surface area (Å²) in [5, 5.41) is 0. The molecule has 0 saturated carbocycles. The normalized spacial score (nSPS) is 15.1. The van der Waals surface area contributed by atoms with Crippen LogP contribution >= 0.6 is 0 Å². The van der Waals surface area contributed by atoms with Crippen molar-refractivity contribution in [3.05, 3.63) is 0 Å². The number of hydrogen-bond donors (Lipinski definition) is 1. The minimum atomic E-state index is -0.111. The van der Waals surface area contributed by atoms with E-state index in [1.807, 2.05) is 13.8 Å². The molecule has 0 rings (SSSR count). The highest BCUT2D eigenvalue weighted by atomic mass is 16.5. The average Bonchev–Trinajstić information content (AvgIpc) is 2.12. The van der Waals surface area contributed by atoms with Crippen molar-refractivity contribution >= 4 is 5.97 Å². The smallest absolute Gasteiger partial charge is 0.306 e. The van der Waals surface area contributed by atoms with Gasteiger partial charge in [-0.1, -0.05) is 27.2 Å². The Morgan fingerprint density at radius 1 is 1.33 bits per heavy atom. The molecule has 0 aromatic carbocycles. The van der Waals surface area contributed by atoms with E-state index in [2.05, 4.69) is 13.8 Å². The van der Waals surface area contributed by atoms with Crippen LogP contribution in [0.3, 0.4) is 0 Å². The molecular formula is C12H25NO2. The fraction of sp³-hybridized carbons (Fsp3) is 0.917. The molecule has 0 aliphatic carbocycles. The molecule has 0 radical (unpaired) electrons. The number of ether oxygens (including phenoxy) is 1. The quantitative estimate of drug-likeness (QED) is 0.663. The molecular weight excluding hydrogens is 190 g/mol. The first kappa shape index (κ1) is 14.4. The molecule has 0 spiro atoms. The van der Waals surface area contributed by atoms with E-state index in [1.54, 1.807) is 0 Å². The van der Waals surface area contributed by atoms with Crippen molar-refractivity contribution in [3.63, 3.8) is 0 Å². The molecule has 15 heavy (non-hydrogen) atoms. The zero-order valence-electron chi connectivity index (χ0n) is 10.5. The van der Waals surface area contributed by atoms with Crippen LogP contribution in [0.15, 0.2) is 0 Å². The van der Waals surface area contributed by atoms with Gasteiger partial charge >= 0.3 is 5.97 Å². The van der Waals surface area contributed by atoms with Crippen LogP contribution in [-0.4, -0.2) is 18.6 Å². The highest BCUT2D eigenvalue weighted by molar-refractivity contribution is 5.69. The molecule has 0 aliphatic rings. The van der Waals surface area contributed by atoms with Crippen LogP contribution in [0, 0.1) is 11.8 Å². The number of esters is 1. The molecule has 0 saturated heterocycles. The van der Waals surface area contributed by atoms with Crippen LogP contribution < -0.4 is 5.73 Å². The van der Waals surface area contributed by atoms with Gasteiger partial charge in [-0.3, -0.25) is 4.79 Å². The Kier molecular flexibility index (Phi) is 7.39. The Balaban J connectivity index is 3.81. The van der Waals surface area contributed by atoms with Crippen LogP contribution in [0.2, 0.25) is 0 Å². The molecule has 0 aromatic rings. The van der Waals surface area contributed by atoms with Gasteiger partial charge in [-0.2, -0.15) is 0 Å². The SMILES string of the molecule is CCC(CN)CC(=O)OC(C)CC(C)C. The summed E-state index contributed by atoms with van der Waals surface area (Å²) in [6.07, 6.45) is 2.33. The van der Waals surface area contributed by atoms with Gasteiger partial charge in [0.15, 0.2) is 0 Å². The van der Waals surface area contributed by atoms with E-state index in [-0.39, 0.29) is 18.0 Å². The lowest BCUT2D eigenvalue weighted by Crippen LogP contribution is -2.22. The molecule has 90 valence electrons. The molecule has 3 heteroatoms. The zero-order valence-corrected chi connectivity index (χ0v) is 10.5. The molecule has 0 heterocycles. The highest BCUT2D eigenvalue weighted by Gasteiger charge is 2.15. The van der Waals surface area contributed by atoms with Crippen LogP contribution in [0.25, 0.3) is 0 Å². The third-order valence-corrected chi connectivity index (χ3v) is 2.50. The van der Waals surface area contributed by atoms with E-state index in [1.165, 1.54) is 0 Å². The lowest BCUT2D eigenvalue weighted by Gasteiger charge is -2.17. The van der Waals surface area contributed by atoms with Crippen molar-refractivity contribution in [3.8, 4) is 0 Å². The van der Waals surface area contributed by atoms with Crippen LogP contribution in [0.4, 0.5) is 0 Å². The minimum absolute atomic E-state index is 0.0211. The largest absolute Gasteiger partial charge is 0.463 e. The number of rotatable bonds is 7. The standard InChI is InChI=1S/C12H25NO2/c1-5-11(8-13)7-12(14)15-10(4)6-9(2)3/h9-11H,5-8,13H2,1-4H3. The first-order valence-electron chi connectivity index (χ1n) is 5.89. The maximum Gasteiger partial charge on any atom is 0.306 e. The predicted molar refractivity (Wildman–Crippen MR) is 62.5 cm³/mol. The van der Waals surface area contributed by atoms with Crippen LogP contribution in [0.5, 0.6) is 0 Å². The third-order valence-electron chi connectivity index (χ3n) is 2.50. The Hall–Kier alpha value is -0.570. The number of hydrogen-bond acceptors (Lipinski definition) is 3. The fourth-order valence-corrected chi connectivity index (χ4v) is 1.61. The van der Waals surface area contributed by atoms with Gasteiger partial charge in [0.25, 0.3) is 0 Å². The first-order chi connectivity index (χ1) is 6.99. The zero-order chi connectivity index (χ0) is 11.8. The van der Waals surface area contributed by atoms with Gasteiger partial charge in [-0.25, -0.2) is 0 Å². The van der Waals surface area contributed by atoms with Gasteiger partial charge in [-0.15, -0.1) is 0 Å². The second-order valence-corrected chi connectivity index (χ2v) is 4.64. The third kappa shape index (κ3) is 7.37. The molecule has 2 unspecified atom stereocenters. The number of nitrogens with two attached hydrogens (primary N) is 1. The summed E-state index contributed by atoms with van der Waals surface area (Å²) in [7, 11) is 0. The van der Waals surface area contributed by atoms with E-state index in [0.717, 1.165) is 12.8 Å². The molecule has 0 amide bonds. The second-order valence-electron chi connectivity index (χ2n) is 4.64. The summed E-state index contributed by atoms with van der Waals surface area (Å²) < 4.78 is 5.30. The second kappa shape index (κ2) is 7.69. The van der Waals surface area contributed by atoms with Gasteiger partial charge in [0.1, 0.15) is 0 Å². The summed E-state index contributed by atoms with van der Waals surface area (Å²) in [6, 6.07) is 0. The fourth-order valence-electron chi connectivity index (χ4n) is 1.61. The Labute approximate surface area is 93.4 Å². The van der Waals surface area contributed by atoms with Gasteiger partial charge in [0.05, 0.1) is 6.10 Å². The maximum atomic E-state index is 11.5. The van der Waals surface area contributed by atoms with Crippen molar-refractivity contribution < 1.29 is 9.53 Å². The summed E-state index contributed by atoms with van der Waals surface area (Å²) in [4.78, 5) is 11.5. The van der Waals surface area contributed by atoms with E-state index in [9.17, 15) is 4.79 Å². The van der Waals surface area contributed by atoms with Gasteiger partial charge in [0, 0.05) is 6.42 Å². The molecule has 2 N–H and O–H groups in total. The molecule has 3 nitrogen and oxygen atoms in total. The maximum absolute atomic E-state index is 11.5. The number of carbonyl (C=O) groups is 1. The molecule has 0 fully saturated rings. The molecule has 0 aromatic heterocycles. The highest BCUT2D eigenvalue weighted by Crippen LogP contribution is 2.12. The lowest BCUT2D eigenvalue weighted by atomic mass is 10.0. The summed E-state index contributed by atoms with van der Waals surface area (Å²) in [6.45, 7) is 8.80. The molecule has 2 atom stereocenters. The lowest BCUT2D eigenvalue weighted by molar-refractivity contribution is -0.149. The van der Waals surface area contributed by atoms with E-state index >= 15 is 0 Å². The van der Waals surface area contributed by atoms with Crippen molar-refractivity contribution in [2.24, 2.45) is 17.6 Å². The van der Waals surface area contributed by atoms with Gasteiger partial charge < -0.3 is 10.5 Å². The van der Waals surface area contributed by atoms with E-state index in [4.69, 9.17) is 10.5 Å². The first-order valence-corrected chi connectivity index (χ1v) is 5.89. The number of carbonyl (C=O) groups excluding carboxylic acids is 1. The topological polar surface area (TPSA) is 52.3 Å². The van der Waals surface area contributed by atoms with Crippen LogP contribution in [0.1, 0.15) is 47.0 Å². The molecule has 0 bridgehead atoms. The van der Waals surface area contributed by atoms with Crippen LogP contribution in [-0.2, 0) is 9.53 Å². The average molecular weight is 215 g/mol. The molecule has 0 aliphatic heterocycles. The van der Waals surface area contributed by atoms with E-state index < -0.39 is 0 Å². The van der Waals surface area contributed by atoms with Gasteiger partial charge in [-0.05, 0) is 31.7 Å². The van der Waals surface area contributed by atoms with Crippen molar-refractivity contribution in [2.75, 3.05) is 6.54 Å². The monoisotopic (exact) mass is 215 g/mol. The summed E-state index contributed by atoms with van der Waals surface area (Å²) in [5.74, 6) is 0.716. The Bertz CT molecular complexity index is 176. The summed E-state index contributed by atoms with van der Waals surface area (Å²) in [5.41, 5.74) is 5.54. The Morgan fingerprint density at radius 2 is 1.93 bits per heavy atom. The predicted octanol–water partition coefficient (Wildman–Crippen LogP) is 2.34. The van der Waals surface area contributed by atoms with Crippen molar-refractivity contribution in [1.29, 1.82) is 0 Å². The van der Waals surface area contributed by atoms with Crippen molar-refractivity contribution in [1.82, 2.24) is 0 Å². The minimum Gasteiger partial charge on any atom is -0.463 e.